The van der Waals surface area contributed by atoms with Gasteiger partial charge in [-0.25, -0.2) is 0 Å². The number of rotatable bonds is 14. The fourth-order valence-electron chi connectivity index (χ4n) is 2.58. The number of carbonyl (C=O) groups excluding carboxylic acids is 2. The molecule has 1 N–H and O–H groups in total. The molecule has 0 aromatic heterocycles. The zero-order valence-corrected chi connectivity index (χ0v) is 15.7. The highest BCUT2D eigenvalue weighted by molar-refractivity contribution is 5.81. The largest absolute Gasteiger partial charge is 0.396 e. The Hall–Kier alpha value is -0.740. The maximum absolute atomic E-state index is 11.9. The summed E-state index contributed by atoms with van der Waals surface area (Å²) < 4.78 is 5.15. The van der Waals surface area contributed by atoms with Crippen LogP contribution >= 0.6 is 0 Å². The highest BCUT2D eigenvalue weighted by atomic mass is 16.5. The third-order valence-electron chi connectivity index (χ3n) is 4.40. The Kier molecular flexibility index (Phi) is 10.6. The second-order valence-electron chi connectivity index (χ2n) is 8.17. The number of ketones is 2. The van der Waals surface area contributed by atoms with Crippen molar-refractivity contribution >= 4 is 11.6 Å². The van der Waals surface area contributed by atoms with E-state index in [9.17, 15) is 9.59 Å². The van der Waals surface area contributed by atoms with Gasteiger partial charge in [0.15, 0.2) is 0 Å². The van der Waals surface area contributed by atoms with E-state index < -0.39 is 0 Å². The van der Waals surface area contributed by atoms with Crippen molar-refractivity contribution in [1.29, 1.82) is 0 Å². The van der Waals surface area contributed by atoms with Crippen LogP contribution in [0.3, 0.4) is 0 Å². The standard InChI is InChI=1S/C19H36O4/c1-18(2,13-14-20)11-9-16(21)7-6-8-17(22)10-12-19(3,4)15-23-5/h20H,6-15H2,1-5H3. The fourth-order valence-corrected chi connectivity index (χ4v) is 2.58. The lowest BCUT2D eigenvalue weighted by Crippen LogP contribution is -2.19. The van der Waals surface area contributed by atoms with Gasteiger partial charge >= 0.3 is 0 Å². The van der Waals surface area contributed by atoms with E-state index in [0.29, 0.717) is 38.7 Å². The van der Waals surface area contributed by atoms with E-state index >= 15 is 0 Å². The Labute approximate surface area is 142 Å². The van der Waals surface area contributed by atoms with Gasteiger partial charge < -0.3 is 9.84 Å². The van der Waals surface area contributed by atoms with Crippen LogP contribution in [0, 0.1) is 10.8 Å². The van der Waals surface area contributed by atoms with Gasteiger partial charge in [-0.1, -0.05) is 27.7 Å². The summed E-state index contributed by atoms with van der Waals surface area (Å²) in [6, 6.07) is 0. The van der Waals surface area contributed by atoms with Crippen molar-refractivity contribution in [2.45, 2.75) is 79.1 Å². The van der Waals surface area contributed by atoms with Gasteiger partial charge in [0.25, 0.3) is 0 Å². The smallest absolute Gasteiger partial charge is 0.132 e. The van der Waals surface area contributed by atoms with Crippen molar-refractivity contribution in [3.63, 3.8) is 0 Å². The van der Waals surface area contributed by atoms with Crippen molar-refractivity contribution in [3.8, 4) is 0 Å². The van der Waals surface area contributed by atoms with Crippen LogP contribution < -0.4 is 0 Å². The van der Waals surface area contributed by atoms with Gasteiger partial charge in [0.05, 0.1) is 6.61 Å². The Morgan fingerprint density at radius 3 is 1.74 bits per heavy atom. The predicted octanol–water partition coefficient (Wildman–Crippen LogP) is 3.94. The van der Waals surface area contributed by atoms with Gasteiger partial charge in [0.1, 0.15) is 11.6 Å². The minimum atomic E-state index is 0.00710. The minimum absolute atomic E-state index is 0.00710. The van der Waals surface area contributed by atoms with Crippen molar-refractivity contribution in [3.05, 3.63) is 0 Å². The zero-order chi connectivity index (χ0) is 17.9. The van der Waals surface area contributed by atoms with Crippen LogP contribution in [0.4, 0.5) is 0 Å². The molecular formula is C19H36O4. The highest BCUT2D eigenvalue weighted by Gasteiger charge is 2.20. The van der Waals surface area contributed by atoms with E-state index in [-0.39, 0.29) is 29.0 Å². The molecule has 0 saturated heterocycles. The second kappa shape index (κ2) is 10.9. The fraction of sp³-hybridized carbons (Fsp3) is 0.895. The number of carbonyl (C=O) groups is 2. The molecule has 0 bridgehead atoms. The Morgan fingerprint density at radius 1 is 0.826 bits per heavy atom. The van der Waals surface area contributed by atoms with Gasteiger partial charge in [0.2, 0.25) is 0 Å². The number of methoxy groups -OCH3 is 1. The predicted molar refractivity (Wildman–Crippen MR) is 93.5 cm³/mol. The number of aliphatic hydroxyl groups excluding tert-OH is 1. The number of Topliss-reactive ketones (excluding diaryl/α,β-unsaturated/α-hetero) is 2. The second-order valence-corrected chi connectivity index (χ2v) is 8.17. The molecule has 0 spiro atoms. The Morgan fingerprint density at radius 2 is 1.30 bits per heavy atom. The van der Waals surface area contributed by atoms with E-state index in [1.807, 2.05) is 0 Å². The van der Waals surface area contributed by atoms with Gasteiger partial charge in [-0.05, 0) is 36.5 Å². The molecule has 4 heteroatoms. The molecule has 0 radical (unpaired) electrons. The lowest BCUT2D eigenvalue weighted by Gasteiger charge is -2.23. The highest BCUT2D eigenvalue weighted by Crippen LogP contribution is 2.27. The third-order valence-corrected chi connectivity index (χ3v) is 4.40. The SMILES string of the molecule is COCC(C)(C)CCC(=O)CCCC(=O)CCC(C)(C)CCO. The molecule has 0 heterocycles. The van der Waals surface area contributed by atoms with Crippen LogP contribution in [-0.2, 0) is 14.3 Å². The van der Waals surface area contributed by atoms with E-state index in [0.717, 1.165) is 19.3 Å². The Bertz CT molecular complexity index is 324. The summed E-state index contributed by atoms with van der Waals surface area (Å²) in [5.74, 6) is 0.464. The summed E-state index contributed by atoms with van der Waals surface area (Å²) in [4.78, 5) is 23.8. The average molecular weight is 328 g/mol. The molecule has 0 fully saturated rings. The monoisotopic (exact) mass is 328 g/mol. The van der Waals surface area contributed by atoms with E-state index in [4.69, 9.17) is 9.84 Å². The molecule has 0 rings (SSSR count). The van der Waals surface area contributed by atoms with Crippen LogP contribution in [0.15, 0.2) is 0 Å². The maximum Gasteiger partial charge on any atom is 0.132 e. The van der Waals surface area contributed by atoms with E-state index in [1.165, 1.54) is 0 Å². The van der Waals surface area contributed by atoms with Crippen LogP contribution in [0.2, 0.25) is 0 Å². The first kappa shape index (κ1) is 22.3. The van der Waals surface area contributed by atoms with Gasteiger partial charge in [-0.2, -0.15) is 0 Å². The van der Waals surface area contributed by atoms with E-state index in [2.05, 4.69) is 27.7 Å². The average Bonchev–Trinajstić information content (AvgIpc) is 2.43. The molecule has 0 atom stereocenters. The zero-order valence-electron chi connectivity index (χ0n) is 15.7. The first-order valence-electron chi connectivity index (χ1n) is 8.75. The number of hydrogen-bond acceptors (Lipinski definition) is 4. The minimum Gasteiger partial charge on any atom is -0.396 e. The van der Waals surface area contributed by atoms with Crippen LogP contribution in [0.5, 0.6) is 0 Å². The van der Waals surface area contributed by atoms with Gasteiger partial charge in [0, 0.05) is 39.4 Å². The molecule has 0 aromatic rings. The first-order valence-corrected chi connectivity index (χ1v) is 8.75. The molecule has 4 nitrogen and oxygen atoms in total. The summed E-state index contributed by atoms with van der Waals surface area (Å²) in [7, 11) is 1.68. The van der Waals surface area contributed by atoms with Crippen molar-refractivity contribution in [1.82, 2.24) is 0 Å². The summed E-state index contributed by atoms with van der Waals surface area (Å²) in [5, 5.41) is 8.98. The normalized spacial score (nSPS) is 12.4. The molecule has 0 aliphatic heterocycles. The first-order chi connectivity index (χ1) is 10.6. The molecule has 23 heavy (non-hydrogen) atoms. The molecule has 0 aliphatic rings. The van der Waals surface area contributed by atoms with Gasteiger partial charge in [-0.15, -0.1) is 0 Å². The molecular weight excluding hydrogens is 292 g/mol. The Balaban J connectivity index is 3.85. The van der Waals surface area contributed by atoms with Crippen molar-refractivity contribution in [2.75, 3.05) is 20.3 Å². The number of hydrogen-bond donors (Lipinski definition) is 1. The van der Waals surface area contributed by atoms with Gasteiger partial charge in [-0.3, -0.25) is 9.59 Å². The third kappa shape index (κ3) is 12.4. The molecule has 0 amide bonds. The quantitative estimate of drug-likeness (QED) is 0.524. The van der Waals surface area contributed by atoms with Crippen LogP contribution in [0.25, 0.3) is 0 Å². The lowest BCUT2D eigenvalue weighted by molar-refractivity contribution is -0.121. The summed E-state index contributed by atoms with van der Waals surface area (Å²) in [5.41, 5.74) is 0.0334. The molecule has 0 aliphatic carbocycles. The van der Waals surface area contributed by atoms with Crippen LogP contribution in [0.1, 0.15) is 79.1 Å². The lowest BCUT2D eigenvalue weighted by atomic mass is 9.83. The van der Waals surface area contributed by atoms with E-state index in [1.54, 1.807) is 7.11 Å². The summed E-state index contributed by atoms with van der Waals surface area (Å²) >= 11 is 0. The van der Waals surface area contributed by atoms with Crippen LogP contribution in [-0.4, -0.2) is 37.0 Å². The molecule has 0 aromatic carbocycles. The molecule has 136 valence electrons. The molecule has 0 unspecified atom stereocenters. The number of ether oxygens (including phenoxy) is 1. The summed E-state index contributed by atoms with van der Waals surface area (Å²) in [6.07, 6.45) is 5.08. The van der Waals surface area contributed by atoms with Crippen molar-refractivity contribution in [2.24, 2.45) is 10.8 Å². The molecule has 0 saturated carbocycles. The maximum atomic E-state index is 11.9. The summed E-state index contributed by atoms with van der Waals surface area (Å²) in [6.45, 7) is 9.16. The number of aliphatic hydroxyl groups is 1. The van der Waals surface area contributed by atoms with Crippen molar-refractivity contribution < 1.29 is 19.4 Å². The topological polar surface area (TPSA) is 63.6 Å².